The number of sulfonamides is 1. The molecule has 1 heterocycles. The summed E-state index contributed by atoms with van der Waals surface area (Å²) in [5.74, 6) is 0.635. The third-order valence-corrected chi connectivity index (χ3v) is 5.01. The second kappa shape index (κ2) is 7.08. The van der Waals surface area contributed by atoms with Crippen molar-refractivity contribution in [1.82, 2.24) is 10.2 Å². The van der Waals surface area contributed by atoms with E-state index in [-0.39, 0.29) is 10.7 Å². The van der Waals surface area contributed by atoms with E-state index in [0.717, 1.165) is 11.3 Å². The molecule has 0 aliphatic rings. The van der Waals surface area contributed by atoms with E-state index in [1.54, 1.807) is 36.4 Å². The molecule has 3 rings (SSSR count). The Morgan fingerprint density at radius 3 is 2.24 bits per heavy atom. The van der Waals surface area contributed by atoms with Gasteiger partial charge in [-0.1, -0.05) is 29.8 Å². The van der Waals surface area contributed by atoms with Gasteiger partial charge in [0.2, 0.25) is 0 Å². The maximum absolute atomic E-state index is 12.2. The van der Waals surface area contributed by atoms with Gasteiger partial charge in [-0.2, -0.15) is 0 Å². The number of aromatic nitrogens is 2. The van der Waals surface area contributed by atoms with Crippen LogP contribution in [0, 0.1) is 6.92 Å². The molecule has 0 atom stereocenters. The summed E-state index contributed by atoms with van der Waals surface area (Å²) in [4.78, 5) is 0.163. The maximum Gasteiger partial charge on any atom is 0.263 e. The smallest absolute Gasteiger partial charge is 0.263 e. The Bertz CT molecular complexity index is 977. The maximum atomic E-state index is 12.2. The van der Waals surface area contributed by atoms with Crippen molar-refractivity contribution in [1.29, 1.82) is 0 Å². The van der Waals surface area contributed by atoms with Crippen LogP contribution in [0.1, 0.15) is 5.56 Å². The molecular formula is C17H15ClN4O2S. The number of benzene rings is 2. The fourth-order valence-electron chi connectivity index (χ4n) is 2.15. The van der Waals surface area contributed by atoms with Crippen LogP contribution in [-0.2, 0) is 10.0 Å². The molecule has 3 aromatic rings. The summed E-state index contributed by atoms with van der Waals surface area (Å²) in [7, 11) is -3.68. The lowest BCUT2D eigenvalue weighted by molar-refractivity contribution is 0.601. The van der Waals surface area contributed by atoms with E-state index in [0.29, 0.717) is 10.8 Å². The molecule has 25 heavy (non-hydrogen) atoms. The van der Waals surface area contributed by atoms with Crippen LogP contribution < -0.4 is 10.0 Å². The molecule has 0 amide bonds. The molecule has 1 aromatic heterocycles. The minimum Gasteiger partial charge on any atom is -0.339 e. The van der Waals surface area contributed by atoms with Crippen LogP contribution in [0.4, 0.5) is 17.3 Å². The van der Waals surface area contributed by atoms with Crippen LogP contribution in [0.25, 0.3) is 0 Å². The second-order valence-electron chi connectivity index (χ2n) is 5.31. The first-order valence-electron chi connectivity index (χ1n) is 7.39. The van der Waals surface area contributed by atoms with Gasteiger partial charge in [0, 0.05) is 10.7 Å². The summed E-state index contributed by atoms with van der Waals surface area (Å²) in [5.41, 5.74) is 1.81. The molecule has 2 N–H and O–H groups in total. The van der Waals surface area contributed by atoms with Gasteiger partial charge >= 0.3 is 0 Å². The van der Waals surface area contributed by atoms with Gasteiger partial charge in [-0.3, -0.25) is 4.72 Å². The van der Waals surface area contributed by atoms with Crippen LogP contribution >= 0.6 is 11.6 Å². The highest BCUT2D eigenvalue weighted by molar-refractivity contribution is 7.92. The number of hydrogen-bond acceptors (Lipinski definition) is 5. The Labute approximate surface area is 150 Å². The summed E-state index contributed by atoms with van der Waals surface area (Å²) in [6, 6.07) is 16.7. The summed E-state index contributed by atoms with van der Waals surface area (Å²) >= 11 is 5.93. The fourth-order valence-corrected chi connectivity index (χ4v) is 3.40. The number of nitrogens with one attached hydrogen (secondary N) is 2. The zero-order chi connectivity index (χ0) is 17.9. The summed E-state index contributed by atoms with van der Waals surface area (Å²) in [6.45, 7) is 1.92. The van der Waals surface area contributed by atoms with Crippen molar-refractivity contribution in [2.75, 3.05) is 10.0 Å². The Balaban J connectivity index is 1.74. The number of anilines is 3. The van der Waals surface area contributed by atoms with Crippen molar-refractivity contribution in [2.24, 2.45) is 0 Å². The predicted molar refractivity (Wildman–Crippen MR) is 98.8 cm³/mol. The SMILES string of the molecule is Cc1cc(Cl)ccc1Nc1ccc(NS(=O)(=O)c2ccccc2)nn1. The van der Waals surface area contributed by atoms with Gasteiger partial charge in [0.25, 0.3) is 10.0 Å². The van der Waals surface area contributed by atoms with Crippen molar-refractivity contribution in [3.63, 3.8) is 0 Å². The Hall–Kier alpha value is -2.64. The van der Waals surface area contributed by atoms with Gasteiger partial charge in [-0.05, 0) is 55.0 Å². The highest BCUT2D eigenvalue weighted by Gasteiger charge is 2.14. The average molecular weight is 375 g/mol. The first-order valence-corrected chi connectivity index (χ1v) is 9.25. The first-order chi connectivity index (χ1) is 11.9. The third-order valence-electron chi connectivity index (χ3n) is 3.41. The molecule has 8 heteroatoms. The van der Waals surface area contributed by atoms with Gasteiger partial charge < -0.3 is 5.32 Å². The first kappa shape index (κ1) is 17.2. The molecule has 0 saturated carbocycles. The molecular weight excluding hydrogens is 360 g/mol. The quantitative estimate of drug-likeness (QED) is 0.705. The van der Waals surface area contributed by atoms with E-state index >= 15 is 0 Å². The molecule has 0 unspecified atom stereocenters. The number of nitrogens with zero attached hydrogens (tertiary/aromatic N) is 2. The molecule has 0 spiro atoms. The second-order valence-corrected chi connectivity index (χ2v) is 7.43. The number of aryl methyl sites for hydroxylation is 1. The van der Waals surface area contributed by atoms with Gasteiger partial charge in [-0.15, -0.1) is 10.2 Å². The molecule has 0 fully saturated rings. The lowest BCUT2D eigenvalue weighted by Gasteiger charge is -2.10. The fraction of sp³-hybridized carbons (Fsp3) is 0.0588. The van der Waals surface area contributed by atoms with Gasteiger partial charge in [0.05, 0.1) is 4.90 Å². The minimum absolute atomic E-state index is 0.141. The van der Waals surface area contributed by atoms with Crippen LogP contribution in [-0.4, -0.2) is 18.6 Å². The Kier molecular flexibility index (Phi) is 4.87. The Morgan fingerprint density at radius 2 is 1.60 bits per heavy atom. The van der Waals surface area contributed by atoms with E-state index in [2.05, 4.69) is 20.2 Å². The minimum atomic E-state index is -3.68. The molecule has 0 aliphatic carbocycles. The zero-order valence-electron chi connectivity index (χ0n) is 13.3. The number of halogens is 1. The topological polar surface area (TPSA) is 84.0 Å². The van der Waals surface area contributed by atoms with Crippen LogP contribution in [0.2, 0.25) is 5.02 Å². The predicted octanol–water partition coefficient (Wildman–Crippen LogP) is 3.98. The van der Waals surface area contributed by atoms with Crippen LogP contribution in [0.15, 0.2) is 65.6 Å². The normalized spacial score (nSPS) is 11.1. The lowest BCUT2D eigenvalue weighted by atomic mass is 10.2. The Morgan fingerprint density at radius 1 is 0.920 bits per heavy atom. The molecule has 0 saturated heterocycles. The standard InChI is InChI=1S/C17H15ClN4O2S/c1-12-11-13(18)7-8-15(12)19-16-9-10-17(21-20-16)22-25(23,24)14-5-3-2-4-6-14/h2-11H,1H3,(H,19,20)(H,21,22). The third kappa shape index (κ3) is 4.26. The van der Waals surface area contributed by atoms with Gasteiger partial charge in [0.15, 0.2) is 11.6 Å². The van der Waals surface area contributed by atoms with E-state index in [1.165, 1.54) is 12.1 Å². The van der Waals surface area contributed by atoms with E-state index in [9.17, 15) is 8.42 Å². The molecule has 0 bridgehead atoms. The van der Waals surface area contributed by atoms with Crippen molar-refractivity contribution in [2.45, 2.75) is 11.8 Å². The molecule has 0 radical (unpaired) electrons. The van der Waals surface area contributed by atoms with Crippen molar-refractivity contribution in [3.8, 4) is 0 Å². The molecule has 0 aliphatic heterocycles. The average Bonchev–Trinajstić information content (AvgIpc) is 2.59. The van der Waals surface area contributed by atoms with Gasteiger partial charge in [0.1, 0.15) is 0 Å². The highest BCUT2D eigenvalue weighted by atomic mass is 35.5. The van der Waals surface area contributed by atoms with E-state index in [1.807, 2.05) is 19.1 Å². The van der Waals surface area contributed by atoms with Crippen molar-refractivity contribution >= 4 is 38.9 Å². The highest BCUT2D eigenvalue weighted by Crippen LogP contribution is 2.23. The van der Waals surface area contributed by atoms with Crippen molar-refractivity contribution < 1.29 is 8.42 Å². The zero-order valence-corrected chi connectivity index (χ0v) is 14.8. The largest absolute Gasteiger partial charge is 0.339 e. The molecule has 128 valence electrons. The van der Waals surface area contributed by atoms with Crippen LogP contribution in [0.5, 0.6) is 0 Å². The van der Waals surface area contributed by atoms with Gasteiger partial charge in [-0.25, -0.2) is 8.42 Å². The lowest BCUT2D eigenvalue weighted by Crippen LogP contribution is -2.14. The summed E-state index contributed by atoms with van der Waals surface area (Å²) in [6.07, 6.45) is 0. The number of hydrogen-bond donors (Lipinski definition) is 2. The molecule has 2 aromatic carbocycles. The number of rotatable bonds is 5. The molecule has 6 nitrogen and oxygen atoms in total. The summed E-state index contributed by atoms with van der Waals surface area (Å²) in [5, 5.41) is 11.7. The van der Waals surface area contributed by atoms with E-state index in [4.69, 9.17) is 11.6 Å². The summed E-state index contributed by atoms with van der Waals surface area (Å²) < 4.78 is 26.9. The van der Waals surface area contributed by atoms with Crippen LogP contribution in [0.3, 0.4) is 0 Å². The van der Waals surface area contributed by atoms with Crippen molar-refractivity contribution in [3.05, 3.63) is 71.2 Å². The van der Waals surface area contributed by atoms with E-state index < -0.39 is 10.0 Å². The monoisotopic (exact) mass is 374 g/mol.